The summed E-state index contributed by atoms with van der Waals surface area (Å²) in [5, 5.41) is 2.63. The summed E-state index contributed by atoms with van der Waals surface area (Å²) >= 11 is 0. The summed E-state index contributed by atoms with van der Waals surface area (Å²) in [6.07, 6.45) is 0. The SMILES string of the molecule is CC1(c2ccccc2)c2ccccc2Oc2cccc(-c3ccc4c(c3)C3(c5ccccc5-4)c4ccccc4-c4cccc5cccc3c45)c21. The van der Waals surface area contributed by atoms with Crippen molar-refractivity contribution in [2.45, 2.75) is 17.8 Å². The van der Waals surface area contributed by atoms with Crippen molar-refractivity contribution >= 4 is 10.8 Å². The minimum absolute atomic E-state index is 0.427. The van der Waals surface area contributed by atoms with Crippen LogP contribution >= 0.6 is 0 Å². The van der Waals surface area contributed by atoms with E-state index in [0.29, 0.717) is 0 Å². The molecule has 0 bridgehead atoms. The van der Waals surface area contributed by atoms with Gasteiger partial charge in [0.2, 0.25) is 0 Å². The predicted octanol–water partition coefficient (Wildman–Crippen LogP) is 12.3. The highest BCUT2D eigenvalue weighted by Crippen LogP contribution is 2.63. The smallest absolute Gasteiger partial charge is 0.132 e. The van der Waals surface area contributed by atoms with Gasteiger partial charge in [0.05, 0.1) is 10.8 Å². The molecule has 2 aliphatic carbocycles. The van der Waals surface area contributed by atoms with Gasteiger partial charge < -0.3 is 4.74 Å². The van der Waals surface area contributed by atoms with E-state index in [9.17, 15) is 0 Å². The van der Waals surface area contributed by atoms with Gasteiger partial charge in [0.1, 0.15) is 11.5 Å². The van der Waals surface area contributed by atoms with Crippen LogP contribution in [0.2, 0.25) is 0 Å². The quantitative estimate of drug-likeness (QED) is 0.183. The number of hydrogen-bond donors (Lipinski definition) is 0. The summed E-state index contributed by atoms with van der Waals surface area (Å²) in [6.45, 7) is 2.37. The first kappa shape index (κ1) is 27.7. The van der Waals surface area contributed by atoms with Crippen LogP contribution in [0.25, 0.3) is 44.2 Å². The molecule has 0 saturated carbocycles. The summed E-state index contributed by atoms with van der Waals surface area (Å²) in [7, 11) is 0. The van der Waals surface area contributed by atoms with E-state index in [2.05, 4.69) is 183 Å². The standard InChI is InChI=1S/C49H32O/c1-48(33-16-3-2-4-17-33)41-24-9-10-26-44(41)50-45-27-13-20-34(47(45)48)32-28-29-37-35-18-5-7-22-39(35)49(43(37)30-32)40-23-8-6-19-36(40)38-21-11-14-31-15-12-25-42(49)46(31)38/h2-30H,1H3. The van der Waals surface area contributed by atoms with Crippen LogP contribution in [0, 0.1) is 0 Å². The van der Waals surface area contributed by atoms with Crippen molar-refractivity contribution in [2.24, 2.45) is 0 Å². The van der Waals surface area contributed by atoms with Crippen LogP contribution < -0.4 is 4.74 Å². The number of benzene rings is 8. The summed E-state index contributed by atoms with van der Waals surface area (Å²) in [5.74, 6) is 1.82. The molecular formula is C49H32O. The Kier molecular flexibility index (Phi) is 5.51. The van der Waals surface area contributed by atoms with Crippen LogP contribution in [-0.4, -0.2) is 0 Å². The molecule has 50 heavy (non-hydrogen) atoms. The molecule has 8 aromatic carbocycles. The maximum Gasteiger partial charge on any atom is 0.132 e. The average Bonchev–Trinajstić information content (AvgIpc) is 3.47. The lowest BCUT2D eigenvalue weighted by molar-refractivity contribution is 0.428. The number of para-hydroxylation sites is 1. The van der Waals surface area contributed by atoms with E-state index >= 15 is 0 Å². The molecule has 0 fully saturated rings. The Balaban J connectivity index is 1.24. The lowest BCUT2D eigenvalue weighted by atomic mass is 9.61. The Morgan fingerprint density at radius 3 is 1.76 bits per heavy atom. The zero-order valence-corrected chi connectivity index (χ0v) is 27.7. The van der Waals surface area contributed by atoms with Crippen molar-refractivity contribution in [3.05, 3.63) is 215 Å². The second-order valence-corrected chi connectivity index (χ2v) is 14.1. The topological polar surface area (TPSA) is 9.23 Å². The van der Waals surface area contributed by atoms with E-state index in [1.807, 2.05) is 0 Å². The molecule has 2 atom stereocenters. The van der Waals surface area contributed by atoms with Crippen LogP contribution in [-0.2, 0) is 10.8 Å². The summed E-state index contributed by atoms with van der Waals surface area (Å²) < 4.78 is 6.73. The van der Waals surface area contributed by atoms with Crippen molar-refractivity contribution in [3.8, 4) is 44.9 Å². The number of fused-ring (bicyclic) bond motifs is 11. The van der Waals surface area contributed by atoms with E-state index in [0.717, 1.165) is 11.5 Å². The first-order chi connectivity index (χ1) is 24.7. The fraction of sp³-hybridized carbons (Fsp3) is 0.0612. The van der Waals surface area contributed by atoms with Gasteiger partial charge in [0.25, 0.3) is 0 Å². The minimum atomic E-state index is -0.465. The molecule has 0 radical (unpaired) electrons. The molecule has 0 aromatic heterocycles. The van der Waals surface area contributed by atoms with Crippen LogP contribution in [0.3, 0.4) is 0 Å². The molecule has 0 amide bonds. The lowest BCUT2D eigenvalue weighted by Crippen LogP contribution is -2.32. The van der Waals surface area contributed by atoms with Crippen molar-refractivity contribution in [1.29, 1.82) is 0 Å². The second kappa shape index (κ2) is 9.94. The molecule has 3 aliphatic rings. The van der Waals surface area contributed by atoms with Gasteiger partial charge in [0, 0.05) is 11.1 Å². The fourth-order valence-electron chi connectivity index (χ4n) is 9.76. The number of hydrogen-bond acceptors (Lipinski definition) is 1. The Morgan fingerprint density at radius 1 is 0.400 bits per heavy atom. The molecule has 1 aliphatic heterocycles. The van der Waals surface area contributed by atoms with E-state index < -0.39 is 10.8 Å². The average molecular weight is 637 g/mol. The Labute approximate surface area is 292 Å². The number of ether oxygens (including phenoxy) is 1. The molecule has 0 N–H and O–H groups in total. The molecule has 2 unspecified atom stereocenters. The zero-order chi connectivity index (χ0) is 33.0. The van der Waals surface area contributed by atoms with E-state index in [4.69, 9.17) is 4.74 Å². The maximum absolute atomic E-state index is 6.73. The molecule has 234 valence electrons. The third kappa shape index (κ3) is 3.37. The highest BCUT2D eigenvalue weighted by molar-refractivity contribution is 6.07. The third-order valence-corrected chi connectivity index (χ3v) is 11.8. The normalized spacial score (nSPS) is 18.8. The summed E-state index contributed by atoms with van der Waals surface area (Å²) in [5.41, 5.74) is 15.7. The molecular weight excluding hydrogens is 605 g/mol. The van der Waals surface area contributed by atoms with Crippen molar-refractivity contribution in [3.63, 3.8) is 0 Å². The molecule has 1 heterocycles. The highest BCUT2D eigenvalue weighted by Gasteiger charge is 2.50. The predicted molar refractivity (Wildman–Crippen MR) is 204 cm³/mol. The molecule has 8 aromatic rings. The third-order valence-electron chi connectivity index (χ3n) is 11.8. The minimum Gasteiger partial charge on any atom is -0.457 e. The van der Waals surface area contributed by atoms with Gasteiger partial charge in [-0.1, -0.05) is 158 Å². The van der Waals surface area contributed by atoms with Gasteiger partial charge >= 0.3 is 0 Å². The molecule has 0 saturated heterocycles. The van der Waals surface area contributed by atoms with Crippen LogP contribution in [0.4, 0.5) is 0 Å². The Morgan fingerprint density at radius 2 is 0.960 bits per heavy atom. The first-order valence-electron chi connectivity index (χ1n) is 17.5. The van der Waals surface area contributed by atoms with Gasteiger partial charge in [-0.2, -0.15) is 0 Å². The molecule has 1 nitrogen and oxygen atoms in total. The monoisotopic (exact) mass is 636 g/mol. The van der Waals surface area contributed by atoms with Gasteiger partial charge in [-0.25, -0.2) is 0 Å². The van der Waals surface area contributed by atoms with Crippen molar-refractivity contribution < 1.29 is 4.74 Å². The van der Waals surface area contributed by atoms with Crippen molar-refractivity contribution in [2.75, 3.05) is 0 Å². The first-order valence-corrected chi connectivity index (χ1v) is 17.5. The Hall–Kier alpha value is -6.18. The van der Waals surface area contributed by atoms with Crippen LogP contribution in [0.1, 0.15) is 45.9 Å². The molecule has 1 heteroatoms. The second-order valence-electron chi connectivity index (χ2n) is 14.1. The lowest BCUT2D eigenvalue weighted by Gasteiger charge is -2.40. The van der Waals surface area contributed by atoms with Crippen LogP contribution in [0.15, 0.2) is 176 Å². The van der Waals surface area contributed by atoms with Crippen LogP contribution in [0.5, 0.6) is 11.5 Å². The molecule has 11 rings (SSSR count). The van der Waals surface area contributed by atoms with E-state index in [1.54, 1.807) is 0 Å². The largest absolute Gasteiger partial charge is 0.457 e. The summed E-state index contributed by atoms with van der Waals surface area (Å²) in [4.78, 5) is 0. The highest BCUT2D eigenvalue weighted by atomic mass is 16.5. The maximum atomic E-state index is 6.73. The van der Waals surface area contributed by atoms with Gasteiger partial charge in [-0.05, 0) is 97.1 Å². The van der Waals surface area contributed by atoms with E-state index in [1.165, 1.54) is 83.1 Å². The Bertz CT molecular complexity index is 2700. The van der Waals surface area contributed by atoms with E-state index in [-0.39, 0.29) is 0 Å². The summed E-state index contributed by atoms with van der Waals surface area (Å²) in [6, 6.07) is 65.0. The van der Waals surface area contributed by atoms with Gasteiger partial charge in [-0.3, -0.25) is 0 Å². The fourth-order valence-corrected chi connectivity index (χ4v) is 9.76. The molecule has 1 spiro atoms. The van der Waals surface area contributed by atoms with Gasteiger partial charge in [0.15, 0.2) is 0 Å². The van der Waals surface area contributed by atoms with Gasteiger partial charge in [-0.15, -0.1) is 0 Å². The zero-order valence-electron chi connectivity index (χ0n) is 27.7. The van der Waals surface area contributed by atoms with Crippen molar-refractivity contribution in [1.82, 2.24) is 0 Å². The number of rotatable bonds is 2.